The van der Waals surface area contributed by atoms with Crippen LogP contribution in [-0.2, 0) is 0 Å². The molecule has 0 radical (unpaired) electrons. The van der Waals surface area contributed by atoms with Gasteiger partial charge in [-0.25, -0.2) is 4.68 Å². The average molecular weight is 263 g/mol. The van der Waals surface area contributed by atoms with Gasteiger partial charge < -0.3 is 5.73 Å². The quantitative estimate of drug-likeness (QED) is 0.765. The number of hydrogen-bond donors (Lipinski definition) is 1. The topological polar surface area (TPSA) is 43.8 Å². The Hall–Kier alpha value is -2.55. The van der Waals surface area contributed by atoms with E-state index in [1.54, 1.807) is 4.68 Å². The summed E-state index contributed by atoms with van der Waals surface area (Å²) in [7, 11) is 0. The van der Waals surface area contributed by atoms with Gasteiger partial charge in [0.2, 0.25) is 0 Å². The predicted octanol–water partition coefficient (Wildman–Crippen LogP) is 3.74. The van der Waals surface area contributed by atoms with Crippen molar-refractivity contribution in [2.24, 2.45) is 0 Å². The minimum absolute atomic E-state index is 0.644. The highest BCUT2D eigenvalue weighted by molar-refractivity contribution is 5.64. The summed E-state index contributed by atoms with van der Waals surface area (Å²) in [5, 5.41) is 4.61. The minimum Gasteiger partial charge on any atom is -0.384 e. The first-order valence-electron chi connectivity index (χ1n) is 6.63. The molecular formula is C17H17N3. The highest BCUT2D eigenvalue weighted by Crippen LogP contribution is 2.23. The standard InChI is InChI=1S/C17H17N3/c1-12-6-8-15(9-7-12)20-17(18)11-16(19-20)14-5-3-4-13(2)10-14/h3-11H,18H2,1-2H3. The second kappa shape index (κ2) is 4.85. The van der Waals surface area contributed by atoms with Crippen LogP contribution in [0.25, 0.3) is 16.9 Å². The number of nitrogens with two attached hydrogens (primary N) is 1. The maximum atomic E-state index is 6.09. The molecule has 3 rings (SSSR count). The highest BCUT2D eigenvalue weighted by atomic mass is 15.3. The number of anilines is 1. The van der Waals surface area contributed by atoms with Crippen LogP contribution < -0.4 is 5.73 Å². The largest absolute Gasteiger partial charge is 0.384 e. The molecule has 2 N–H and O–H groups in total. The molecule has 0 saturated heterocycles. The van der Waals surface area contributed by atoms with E-state index in [2.05, 4.69) is 43.2 Å². The van der Waals surface area contributed by atoms with Crippen LogP contribution in [0, 0.1) is 13.8 Å². The van der Waals surface area contributed by atoms with Gasteiger partial charge in [-0.3, -0.25) is 0 Å². The summed E-state index contributed by atoms with van der Waals surface area (Å²) in [5.74, 6) is 0.644. The van der Waals surface area contributed by atoms with Crippen LogP contribution in [0.4, 0.5) is 5.82 Å². The Morgan fingerprint density at radius 2 is 1.65 bits per heavy atom. The summed E-state index contributed by atoms with van der Waals surface area (Å²) in [6, 6.07) is 18.3. The Kier molecular flexibility index (Phi) is 3.03. The van der Waals surface area contributed by atoms with Crippen molar-refractivity contribution in [2.75, 3.05) is 5.73 Å². The Balaban J connectivity index is 2.05. The Labute approximate surface area is 118 Å². The average Bonchev–Trinajstić information content (AvgIpc) is 2.82. The zero-order chi connectivity index (χ0) is 14.1. The monoisotopic (exact) mass is 263 g/mol. The maximum absolute atomic E-state index is 6.09. The molecule has 0 atom stereocenters. The Morgan fingerprint density at radius 1 is 0.900 bits per heavy atom. The summed E-state index contributed by atoms with van der Waals surface area (Å²) in [6.45, 7) is 4.14. The van der Waals surface area contributed by atoms with Crippen LogP contribution in [0.3, 0.4) is 0 Å². The van der Waals surface area contributed by atoms with Gasteiger partial charge in [0, 0.05) is 11.6 Å². The first-order valence-corrected chi connectivity index (χ1v) is 6.63. The van der Waals surface area contributed by atoms with E-state index in [1.807, 2.05) is 30.3 Å². The molecule has 0 saturated carbocycles. The third kappa shape index (κ3) is 2.30. The fraction of sp³-hybridized carbons (Fsp3) is 0.118. The molecule has 1 heterocycles. The summed E-state index contributed by atoms with van der Waals surface area (Å²) < 4.78 is 1.77. The van der Waals surface area contributed by atoms with Gasteiger partial charge in [0.25, 0.3) is 0 Å². The smallest absolute Gasteiger partial charge is 0.127 e. The minimum atomic E-state index is 0.644. The molecule has 0 spiro atoms. The van der Waals surface area contributed by atoms with Crippen LogP contribution in [0.15, 0.2) is 54.6 Å². The van der Waals surface area contributed by atoms with Gasteiger partial charge in [-0.05, 0) is 32.0 Å². The lowest BCUT2D eigenvalue weighted by atomic mass is 10.1. The number of rotatable bonds is 2. The summed E-state index contributed by atoms with van der Waals surface area (Å²) in [5.41, 5.74) is 11.5. The molecule has 0 fully saturated rings. The maximum Gasteiger partial charge on any atom is 0.127 e. The highest BCUT2D eigenvalue weighted by Gasteiger charge is 2.08. The Bertz CT molecular complexity index is 739. The predicted molar refractivity (Wildman–Crippen MR) is 82.9 cm³/mol. The van der Waals surface area contributed by atoms with Crippen molar-refractivity contribution in [1.29, 1.82) is 0 Å². The number of aryl methyl sites for hydroxylation is 2. The molecule has 1 aromatic heterocycles. The SMILES string of the molecule is Cc1ccc(-n2nc(-c3cccc(C)c3)cc2N)cc1. The number of aromatic nitrogens is 2. The molecule has 3 heteroatoms. The first-order chi connectivity index (χ1) is 9.63. The van der Waals surface area contributed by atoms with E-state index in [0.29, 0.717) is 5.82 Å². The molecule has 3 nitrogen and oxygen atoms in total. The number of hydrogen-bond acceptors (Lipinski definition) is 2. The third-order valence-electron chi connectivity index (χ3n) is 3.33. The molecule has 100 valence electrons. The third-order valence-corrected chi connectivity index (χ3v) is 3.33. The van der Waals surface area contributed by atoms with Gasteiger partial charge in [-0.1, -0.05) is 41.5 Å². The second-order valence-corrected chi connectivity index (χ2v) is 5.07. The molecule has 0 aliphatic heterocycles. The van der Waals surface area contributed by atoms with E-state index in [1.165, 1.54) is 11.1 Å². The zero-order valence-electron chi connectivity index (χ0n) is 11.7. The lowest BCUT2D eigenvalue weighted by molar-refractivity contribution is 0.894. The van der Waals surface area contributed by atoms with E-state index in [9.17, 15) is 0 Å². The molecule has 0 amide bonds. The van der Waals surface area contributed by atoms with Gasteiger partial charge in [0.05, 0.1) is 11.4 Å². The molecule has 0 unspecified atom stereocenters. The van der Waals surface area contributed by atoms with Crippen molar-refractivity contribution in [2.45, 2.75) is 13.8 Å². The molecule has 20 heavy (non-hydrogen) atoms. The fourth-order valence-electron chi connectivity index (χ4n) is 2.23. The van der Waals surface area contributed by atoms with Crippen molar-refractivity contribution in [3.63, 3.8) is 0 Å². The van der Waals surface area contributed by atoms with E-state index in [-0.39, 0.29) is 0 Å². The summed E-state index contributed by atoms with van der Waals surface area (Å²) >= 11 is 0. The molecule has 0 aliphatic rings. The van der Waals surface area contributed by atoms with Gasteiger partial charge in [-0.15, -0.1) is 0 Å². The van der Waals surface area contributed by atoms with Crippen LogP contribution >= 0.6 is 0 Å². The number of benzene rings is 2. The van der Waals surface area contributed by atoms with E-state index in [4.69, 9.17) is 5.73 Å². The molecule has 0 aliphatic carbocycles. The van der Waals surface area contributed by atoms with Crippen LogP contribution in [0.2, 0.25) is 0 Å². The van der Waals surface area contributed by atoms with Crippen molar-refractivity contribution in [3.05, 3.63) is 65.7 Å². The van der Waals surface area contributed by atoms with Crippen molar-refractivity contribution in [1.82, 2.24) is 9.78 Å². The molecule has 2 aromatic carbocycles. The summed E-state index contributed by atoms with van der Waals surface area (Å²) in [6.07, 6.45) is 0. The second-order valence-electron chi connectivity index (χ2n) is 5.07. The molecular weight excluding hydrogens is 246 g/mol. The number of nitrogen functional groups attached to an aromatic ring is 1. The van der Waals surface area contributed by atoms with Crippen molar-refractivity contribution in [3.8, 4) is 16.9 Å². The lowest BCUT2D eigenvalue weighted by Gasteiger charge is -2.04. The fourth-order valence-corrected chi connectivity index (χ4v) is 2.23. The first kappa shape index (κ1) is 12.5. The van der Waals surface area contributed by atoms with Crippen LogP contribution in [-0.4, -0.2) is 9.78 Å². The van der Waals surface area contributed by atoms with E-state index < -0.39 is 0 Å². The van der Waals surface area contributed by atoms with Crippen LogP contribution in [0.5, 0.6) is 0 Å². The van der Waals surface area contributed by atoms with Crippen molar-refractivity contribution < 1.29 is 0 Å². The Morgan fingerprint density at radius 3 is 2.35 bits per heavy atom. The van der Waals surface area contributed by atoms with Crippen molar-refractivity contribution >= 4 is 5.82 Å². The van der Waals surface area contributed by atoms with Gasteiger partial charge in [0.15, 0.2) is 0 Å². The van der Waals surface area contributed by atoms with E-state index in [0.717, 1.165) is 16.9 Å². The number of nitrogens with zero attached hydrogens (tertiary/aromatic N) is 2. The van der Waals surface area contributed by atoms with E-state index >= 15 is 0 Å². The van der Waals surface area contributed by atoms with Gasteiger partial charge >= 0.3 is 0 Å². The lowest BCUT2D eigenvalue weighted by Crippen LogP contribution is -2.01. The van der Waals surface area contributed by atoms with Gasteiger partial charge in [-0.2, -0.15) is 5.10 Å². The molecule has 3 aromatic rings. The van der Waals surface area contributed by atoms with Crippen LogP contribution in [0.1, 0.15) is 11.1 Å². The van der Waals surface area contributed by atoms with Gasteiger partial charge in [0.1, 0.15) is 5.82 Å². The zero-order valence-corrected chi connectivity index (χ0v) is 11.7. The molecule has 0 bridgehead atoms. The normalized spacial score (nSPS) is 10.7. The summed E-state index contributed by atoms with van der Waals surface area (Å²) in [4.78, 5) is 0.